The molecule has 1 fully saturated rings. The lowest BCUT2D eigenvalue weighted by molar-refractivity contribution is -0.129. The second-order valence-corrected chi connectivity index (χ2v) is 4.46. The Hall–Kier alpha value is -0.830. The predicted octanol–water partition coefficient (Wildman–Crippen LogP) is 2.11. The van der Waals surface area contributed by atoms with E-state index in [2.05, 4.69) is 0 Å². The highest BCUT2D eigenvalue weighted by molar-refractivity contribution is 5.93. The van der Waals surface area contributed by atoms with Crippen LogP contribution in [0, 0.1) is 0 Å². The summed E-state index contributed by atoms with van der Waals surface area (Å²) in [5.74, 6) is 0.0998. The summed E-state index contributed by atoms with van der Waals surface area (Å²) in [7, 11) is 0. The Morgan fingerprint density at radius 1 is 1.44 bits per heavy atom. The summed E-state index contributed by atoms with van der Waals surface area (Å²) < 4.78 is 0. The molecule has 1 N–H and O–H groups in total. The summed E-state index contributed by atoms with van der Waals surface area (Å²) in [6.07, 6.45) is 7.43. The number of rotatable bonds is 5. The quantitative estimate of drug-likeness (QED) is 0.728. The van der Waals surface area contributed by atoms with Gasteiger partial charge in [-0.05, 0) is 26.2 Å². The highest BCUT2D eigenvalue weighted by atomic mass is 16.3. The Morgan fingerprint density at radius 3 is 2.56 bits per heavy atom. The average molecular weight is 225 g/mol. The van der Waals surface area contributed by atoms with Gasteiger partial charge in [-0.1, -0.05) is 25.8 Å². The van der Waals surface area contributed by atoms with E-state index in [9.17, 15) is 4.79 Å². The molecule has 1 amide bonds. The van der Waals surface area contributed by atoms with Crippen molar-refractivity contribution in [3.8, 4) is 0 Å². The number of amides is 1. The van der Waals surface area contributed by atoms with Crippen LogP contribution in [0.15, 0.2) is 11.6 Å². The molecule has 0 unspecified atom stereocenters. The number of hydrogen-bond acceptors (Lipinski definition) is 2. The molecule has 0 aromatic rings. The minimum Gasteiger partial charge on any atom is -0.395 e. The normalized spacial score (nSPS) is 17.8. The van der Waals surface area contributed by atoms with Crippen LogP contribution in [0.1, 0.15) is 46.0 Å². The number of nitrogens with zero attached hydrogens (tertiary/aromatic N) is 1. The standard InChI is InChI=1S/C13H23NO2/c1-3-6-11(2)13(16)14(9-10-15)12-7-4-5-8-12/h6,12,15H,3-5,7-10H2,1-2H3. The van der Waals surface area contributed by atoms with Crippen molar-refractivity contribution < 1.29 is 9.90 Å². The fourth-order valence-corrected chi connectivity index (χ4v) is 2.39. The van der Waals surface area contributed by atoms with Crippen molar-refractivity contribution in [2.45, 2.75) is 52.0 Å². The molecule has 1 aliphatic rings. The van der Waals surface area contributed by atoms with Gasteiger partial charge in [-0.3, -0.25) is 4.79 Å². The van der Waals surface area contributed by atoms with E-state index in [-0.39, 0.29) is 12.5 Å². The summed E-state index contributed by atoms with van der Waals surface area (Å²) in [5, 5.41) is 9.04. The number of carbonyl (C=O) groups is 1. The summed E-state index contributed by atoms with van der Waals surface area (Å²) in [6, 6.07) is 0.347. The van der Waals surface area contributed by atoms with E-state index in [1.807, 2.05) is 24.8 Å². The van der Waals surface area contributed by atoms with Crippen LogP contribution in [-0.4, -0.2) is 35.1 Å². The third-order valence-corrected chi connectivity index (χ3v) is 3.21. The van der Waals surface area contributed by atoms with Gasteiger partial charge in [0.25, 0.3) is 0 Å². The highest BCUT2D eigenvalue weighted by Gasteiger charge is 2.26. The zero-order valence-electron chi connectivity index (χ0n) is 10.4. The molecule has 0 atom stereocenters. The number of aliphatic hydroxyl groups is 1. The van der Waals surface area contributed by atoms with Crippen molar-refractivity contribution in [2.75, 3.05) is 13.2 Å². The third kappa shape index (κ3) is 3.34. The minimum absolute atomic E-state index is 0.0572. The molecule has 3 nitrogen and oxygen atoms in total. The Bertz CT molecular complexity index is 255. The molecule has 0 saturated heterocycles. The first-order valence-corrected chi connectivity index (χ1v) is 6.29. The number of allylic oxidation sites excluding steroid dienone is 1. The highest BCUT2D eigenvalue weighted by Crippen LogP contribution is 2.24. The molecular weight excluding hydrogens is 202 g/mol. The average Bonchev–Trinajstić information content (AvgIpc) is 2.78. The molecule has 1 aliphatic carbocycles. The van der Waals surface area contributed by atoms with E-state index in [0.29, 0.717) is 12.6 Å². The monoisotopic (exact) mass is 225 g/mol. The first-order valence-electron chi connectivity index (χ1n) is 6.29. The molecule has 0 bridgehead atoms. The number of carbonyl (C=O) groups excluding carboxylic acids is 1. The van der Waals surface area contributed by atoms with Gasteiger partial charge in [-0.2, -0.15) is 0 Å². The SMILES string of the molecule is CCC=C(C)C(=O)N(CCO)C1CCCC1. The smallest absolute Gasteiger partial charge is 0.249 e. The molecule has 1 rings (SSSR count). The molecular formula is C13H23NO2. The van der Waals surface area contributed by atoms with Gasteiger partial charge in [0.15, 0.2) is 0 Å². The molecule has 16 heavy (non-hydrogen) atoms. The maximum absolute atomic E-state index is 12.2. The van der Waals surface area contributed by atoms with Crippen molar-refractivity contribution in [3.05, 3.63) is 11.6 Å². The molecule has 0 spiro atoms. The van der Waals surface area contributed by atoms with Gasteiger partial charge in [-0.25, -0.2) is 0 Å². The topological polar surface area (TPSA) is 40.5 Å². The lowest BCUT2D eigenvalue weighted by Gasteiger charge is -2.28. The first-order chi connectivity index (χ1) is 7.70. The molecule has 0 radical (unpaired) electrons. The molecule has 92 valence electrons. The van der Waals surface area contributed by atoms with Crippen LogP contribution in [0.2, 0.25) is 0 Å². The van der Waals surface area contributed by atoms with Gasteiger partial charge in [0.1, 0.15) is 0 Å². The van der Waals surface area contributed by atoms with Gasteiger partial charge in [-0.15, -0.1) is 0 Å². The van der Waals surface area contributed by atoms with E-state index < -0.39 is 0 Å². The largest absolute Gasteiger partial charge is 0.395 e. The van der Waals surface area contributed by atoms with Crippen molar-refractivity contribution in [1.82, 2.24) is 4.90 Å². The van der Waals surface area contributed by atoms with Crippen molar-refractivity contribution >= 4 is 5.91 Å². The second kappa shape index (κ2) is 6.69. The maximum atomic E-state index is 12.2. The summed E-state index contributed by atoms with van der Waals surface area (Å²) in [6.45, 7) is 4.42. The number of aliphatic hydroxyl groups excluding tert-OH is 1. The van der Waals surface area contributed by atoms with Crippen LogP contribution in [0.25, 0.3) is 0 Å². The third-order valence-electron chi connectivity index (χ3n) is 3.21. The lowest BCUT2D eigenvalue weighted by Crippen LogP contribution is -2.41. The van der Waals surface area contributed by atoms with E-state index >= 15 is 0 Å². The summed E-state index contributed by atoms with van der Waals surface area (Å²) in [5.41, 5.74) is 0.808. The van der Waals surface area contributed by atoms with Gasteiger partial charge < -0.3 is 10.0 Å². The van der Waals surface area contributed by atoms with Crippen LogP contribution in [0.4, 0.5) is 0 Å². The zero-order chi connectivity index (χ0) is 12.0. The molecule has 1 saturated carbocycles. The first kappa shape index (κ1) is 13.2. The van der Waals surface area contributed by atoms with E-state index in [1.165, 1.54) is 12.8 Å². The second-order valence-electron chi connectivity index (χ2n) is 4.46. The molecule has 0 aliphatic heterocycles. The lowest BCUT2D eigenvalue weighted by atomic mass is 10.1. The van der Waals surface area contributed by atoms with Crippen molar-refractivity contribution in [1.29, 1.82) is 0 Å². The number of hydrogen-bond donors (Lipinski definition) is 1. The fraction of sp³-hybridized carbons (Fsp3) is 0.769. The minimum atomic E-state index is 0.0572. The van der Waals surface area contributed by atoms with Crippen molar-refractivity contribution in [2.24, 2.45) is 0 Å². The Labute approximate surface area is 98.1 Å². The van der Waals surface area contributed by atoms with E-state index in [4.69, 9.17) is 5.11 Å². The van der Waals surface area contributed by atoms with Crippen LogP contribution in [0.3, 0.4) is 0 Å². The summed E-state index contributed by atoms with van der Waals surface area (Å²) >= 11 is 0. The Kier molecular flexibility index (Phi) is 5.53. The zero-order valence-corrected chi connectivity index (χ0v) is 10.4. The van der Waals surface area contributed by atoms with Gasteiger partial charge >= 0.3 is 0 Å². The molecule has 3 heteroatoms. The van der Waals surface area contributed by atoms with Crippen LogP contribution < -0.4 is 0 Å². The van der Waals surface area contributed by atoms with Gasteiger partial charge in [0.2, 0.25) is 5.91 Å². The van der Waals surface area contributed by atoms with Gasteiger partial charge in [0.05, 0.1) is 6.61 Å². The molecule has 0 aromatic carbocycles. The van der Waals surface area contributed by atoms with Crippen LogP contribution in [0.5, 0.6) is 0 Å². The maximum Gasteiger partial charge on any atom is 0.249 e. The fourth-order valence-electron chi connectivity index (χ4n) is 2.39. The van der Waals surface area contributed by atoms with Crippen molar-refractivity contribution in [3.63, 3.8) is 0 Å². The van der Waals surface area contributed by atoms with Crippen LogP contribution >= 0.6 is 0 Å². The molecule has 0 heterocycles. The molecule has 0 aromatic heterocycles. The predicted molar refractivity (Wildman–Crippen MR) is 65.1 cm³/mol. The Balaban J connectivity index is 2.68. The van der Waals surface area contributed by atoms with Gasteiger partial charge in [0, 0.05) is 18.2 Å². The van der Waals surface area contributed by atoms with E-state index in [0.717, 1.165) is 24.8 Å². The van der Waals surface area contributed by atoms with E-state index in [1.54, 1.807) is 0 Å². The summed E-state index contributed by atoms with van der Waals surface area (Å²) in [4.78, 5) is 14.0. The Morgan fingerprint density at radius 2 is 2.06 bits per heavy atom. The van der Waals surface area contributed by atoms with Crippen LogP contribution in [-0.2, 0) is 4.79 Å².